The molecule has 0 spiro atoms. The summed E-state index contributed by atoms with van der Waals surface area (Å²) in [5.74, 6) is -0.137. The number of nitrogens with one attached hydrogen (secondary N) is 1. The Kier molecular flexibility index (Phi) is 4.24. The van der Waals surface area contributed by atoms with Gasteiger partial charge in [0.25, 0.3) is 5.91 Å². The summed E-state index contributed by atoms with van der Waals surface area (Å²) in [5, 5.41) is 12.5. The van der Waals surface area contributed by atoms with Crippen LogP contribution in [0.3, 0.4) is 0 Å². The number of rotatable bonds is 2. The molecule has 2 rings (SSSR count). The molecule has 1 aliphatic carbocycles. The molecule has 1 fully saturated rings. The number of amides is 1. The van der Waals surface area contributed by atoms with E-state index in [1.807, 2.05) is 0 Å². The normalized spacial score (nSPS) is 23.7. The molecule has 2 atom stereocenters. The van der Waals surface area contributed by atoms with Crippen LogP contribution < -0.4 is 11.1 Å². The van der Waals surface area contributed by atoms with Crippen LogP contribution in [-0.4, -0.2) is 23.2 Å². The molecule has 0 heterocycles. The minimum absolute atomic E-state index is 0.0569. The molecule has 0 radical (unpaired) electrons. The van der Waals surface area contributed by atoms with Crippen molar-refractivity contribution in [3.63, 3.8) is 0 Å². The van der Waals surface area contributed by atoms with E-state index in [2.05, 4.69) is 21.2 Å². The smallest absolute Gasteiger partial charge is 0.251 e. The SMILES string of the molecule is Nc1cc(Br)cc(C(=O)NC2CCCC(O)C2)c1. The molecule has 1 aromatic carbocycles. The quantitative estimate of drug-likeness (QED) is 0.732. The van der Waals surface area contributed by atoms with Gasteiger partial charge >= 0.3 is 0 Å². The number of hydrogen-bond acceptors (Lipinski definition) is 3. The van der Waals surface area contributed by atoms with E-state index in [4.69, 9.17) is 5.73 Å². The second-order valence-corrected chi connectivity index (χ2v) is 5.68. The lowest BCUT2D eigenvalue weighted by Gasteiger charge is -2.26. The lowest BCUT2D eigenvalue weighted by atomic mass is 9.93. The number of hydrogen-bond donors (Lipinski definition) is 3. The topological polar surface area (TPSA) is 75.4 Å². The van der Waals surface area contributed by atoms with E-state index < -0.39 is 0 Å². The third-order valence-corrected chi connectivity index (χ3v) is 3.62. The number of aliphatic hydroxyl groups is 1. The van der Waals surface area contributed by atoms with Gasteiger partial charge in [-0.05, 0) is 43.9 Å². The van der Waals surface area contributed by atoms with Crippen LogP contribution in [0.5, 0.6) is 0 Å². The first-order valence-corrected chi connectivity index (χ1v) is 6.89. The van der Waals surface area contributed by atoms with E-state index in [1.54, 1.807) is 18.2 Å². The van der Waals surface area contributed by atoms with Gasteiger partial charge in [0.1, 0.15) is 0 Å². The van der Waals surface area contributed by atoms with Crippen molar-refractivity contribution in [2.24, 2.45) is 0 Å². The Morgan fingerprint density at radius 3 is 2.83 bits per heavy atom. The zero-order chi connectivity index (χ0) is 13.1. The van der Waals surface area contributed by atoms with Crippen molar-refractivity contribution in [1.82, 2.24) is 5.32 Å². The van der Waals surface area contributed by atoms with Crippen molar-refractivity contribution >= 4 is 27.5 Å². The molecular weight excluding hydrogens is 296 g/mol. The predicted octanol–water partition coefficient (Wildman–Crippen LogP) is 2.06. The highest BCUT2D eigenvalue weighted by atomic mass is 79.9. The summed E-state index contributed by atoms with van der Waals surface area (Å²) in [5.41, 5.74) is 6.80. The molecule has 4 N–H and O–H groups in total. The van der Waals surface area contributed by atoms with Gasteiger partial charge in [0.15, 0.2) is 0 Å². The summed E-state index contributed by atoms with van der Waals surface area (Å²) in [6.45, 7) is 0. The van der Waals surface area contributed by atoms with Gasteiger partial charge in [0, 0.05) is 21.8 Å². The first kappa shape index (κ1) is 13.4. The molecule has 0 aromatic heterocycles. The molecule has 98 valence electrons. The van der Waals surface area contributed by atoms with Crippen LogP contribution in [0.25, 0.3) is 0 Å². The van der Waals surface area contributed by atoms with Crippen molar-refractivity contribution in [2.45, 2.75) is 37.8 Å². The van der Waals surface area contributed by atoms with E-state index in [0.717, 1.165) is 23.7 Å². The minimum Gasteiger partial charge on any atom is -0.399 e. The van der Waals surface area contributed by atoms with Gasteiger partial charge in [-0.1, -0.05) is 15.9 Å². The fraction of sp³-hybridized carbons (Fsp3) is 0.462. The summed E-state index contributed by atoms with van der Waals surface area (Å²) < 4.78 is 0.788. The number of halogens is 1. The number of anilines is 1. The molecule has 0 bridgehead atoms. The van der Waals surface area contributed by atoms with Crippen molar-refractivity contribution in [3.05, 3.63) is 28.2 Å². The Hall–Kier alpha value is -1.07. The highest BCUT2D eigenvalue weighted by Gasteiger charge is 2.22. The number of nitrogen functional groups attached to an aromatic ring is 1. The highest BCUT2D eigenvalue weighted by Crippen LogP contribution is 2.20. The fourth-order valence-corrected chi connectivity index (χ4v) is 2.82. The Morgan fingerprint density at radius 2 is 2.17 bits per heavy atom. The molecule has 0 aliphatic heterocycles. The molecule has 1 aliphatic rings. The van der Waals surface area contributed by atoms with Gasteiger partial charge in [-0.2, -0.15) is 0 Å². The maximum absolute atomic E-state index is 12.1. The van der Waals surface area contributed by atoms with Crippen molar-refractivity contribution < 1.29 is 9.90 Å². The van der Waals surface area contributed by atoms with Crippen LogP contribution in [0.4, 0.5) is 5.69 Å². The number of carbonyl (C=O) groups is 1. The molecule has 0 saturated heterocycles. The number of benzene rings is 1. The number of carbonyl (C=O) groups excluding carboxylic acids is 1. The standard InChI is InChI=1S/C13H17BrN2O2/c14-9-4-8(5-10(15)6-9)13(18)16-11-2-1-3-12(17)7-11/h4-6,11-12,17H,1-3,7,15H2,(H,16,18). The largest absolute Gasteiger partial charge is 0.399 e. The lowest BCUT2D eigenvalue weighted by molar-refractivity contribution is 0.0850. The fourth-order valence-electron chi connectivity index (χ4n) is 2.31. The highest BCUT2D eigenvalue weighted by molar-refractivity contribution is 9.10. The molecule has 1 saturated carbocycles. The zero-order valence-electron chi connectivity index (χ0n) is 10.0. The van der Waals surface area contributed by atoms with Gasteiger partial charge in [0.2, 0.25) is 0 Å². The first-order valence-electron chi connectivity index (χ1n) is 6.09. The summed E-state index contributed by atoms with van der Waals surface area (Å²) in [7, 11) is 0. The average Bonchev–Trinajstić information content (AvgIpc) is 2.27. The summed E-state index contributed by atoms with van der Waals surface area (Å²) in [6.07, 6.45) is 3.04. The lowest BCUT2D eigenvalue weighted by Crippen LogP contribution is -2.39. The van der Waals surface area contributed by atoms with Crippen LogP contribution in [0.15, 0.2) is 22.7 Å². The maximum atomic E-state index is 12.1. The number of nitrogens with two attached hydrogens (primary N) is 1. The monoisotopic (exact) mass is 312 g/mol. The van der Waals surface area contributed by atoms with Crippen molar-refractivity contribution in [1.29, 1.82) is 0 Å². The van der Waals surface area contributed by atoms with Crippen LogP contribution >= 0.6 is 15.9 Å². The van der Waals surface area contributed by atoms with Crippen LogP contribution in [0, 0.1) is 0 Å². The average molecular weight is 313 g/mol. The Morgan fingerprint density at radius 1 is 1.39 bits per heavy atom. The van der Waals surface area contributed by atoms with E-state index in [-0.39, 0.29) is 18.1 Å². The molecule has 18 heavy (non-hydrogen) atoms. The maximum Gasteiger partial charge on any atom is 0.251 e. The summed E-state index contributed by atoms with van der Waals surface area (Å²) in [6, 6.07) is 5.20. The Balaban J connectivity index is 2.02. The van der Waals surface area contributed by atoms with Gasteiger partial charge in [-0.3, -0.25) is 4.79 Å². The predicted molar refractivity (Wildman–Crippen MR) is 74.3 cm³/mol. The van der Waals surface area contributed by atoms with Gasteiger partial charge in [-0.15, -0.1) is 0 Å². The molecule has 2 unspecified atom stereocenters. The Labute approximate surface area is 115 Å². The van der Waals surface area contributed by atoms with E-state index in [0.29, 0.717) is 17.7 Å². The summed E-state index contributed by atoms with van der Waals surface area (Å²) in [4.78, 5) is 12.1. The van der Waals surface area contributed by atoms with Gasteiger partial charge in [-0.25, -0.2) is 0 Å². The molecule has 5 heteroatoms. The third kappa shape index (κ3) is 3.46. The van der Waals surface area contributed by atoms with Crippen molar-refractivity contribution in [3.8, 4) is 0 Å². The van der Waals surface area contributed by atoms with Crippen molar-refractivity contribution in [2.75, 3.05) is 5.73 Å². The second-order valence-electron chi connectivity index (χ2n) is 4.76. The van der Waals surface area contributed by atoms with Gasteiger partial charge in [0.05, 0.1) is 6.10 Å². The van der Waals surface area contributed by atoms with E-state index in [1.165, 1.54) is 0 Å². The third-order valence-electron chi connectivity index (χ3n) is 3.16. The molecule has 1 aromatic rings. The molecule has 1 amide bonds. The minimum atomic E-state index is -0.295. The van der Waals surface area contributed by atoms with Crippen LogP contribution in [0.2, 0.25) is 0 Å². The van der Waals surface area contributed by atoms with Gasteiger partial charge < -0.3 is 16.2 Å². The second kappa shape index (κ2) is 5.71. The molecule has 4 nitrogen and oxygen atoms in total. The van der Waals surface area contributed by atoms with E-state index in [9.17, 15) is 9.90 Å². The Bertz CT molecular complexity index is 430. The van der Waals surface area contributed by atoms with E-state index >= 15 is 0 Å². The summed E-state index contributed by atoms with van der Waals surface area (Å²) >= 11 is 3.32. The molecular formula is C13H17BrN2O2. The first-order chi connectivity index (χ1) is 8.54. The zero-order valence-corrected chi connectivity index (χ0v) is 11.6. The van der Waals surface area contributed by atoms with Crippen LogP contribution in [-0.2, 0) is 0 Å². The number of aliphatic hydroxyl groups excluding tert-OH is 1. The van der Waals surface area contributed by atoms with Crippen LogP contribution in [0.1, 0.15) is 36.0 Å².